The molecule has 0 aliphatic carbocycles. The van der Waals surface area contributed by atoms with Gasteiger partial charge in [0.1, 0.15) is 23.0 Å². The van der Waals surface area contributed by atoms with Crippen LogP contribution < -0.4 is 16.1 Å². The fourth-order valence-corrected chi connectivity index (χ4v) is 3.36. The van der Waals surface area contributed by atoms with Crippen molar-refractivity contribution in [2.75, 3.05) is 24.6 Å². The summed E-state index contributed by atoms with van der Waals surface area (Å²) < 4.78 is 8.01. The highest BCUT2D eigenvalue weighted by Crippen LogP contribution is 2.27. The molecule has 0 N–H and O–H groups in total. The van der Waals surface area contributed by atoms with Crippen LogP contribution in [-0.2, 0) is 18.8 Å². The highest BCUT2D eigenvalue weighted by Gasteiger charge is 2.28. The summed E-state index contributed by atoms with van der Waals surface area (Å²) in [6.07, 6.45) is 1.46. The maximum absolute atomic E-state index is 12.2. The molecule has 1 saturated heterocycles. The summed E-state index contributed by atoms with van der Waals surface area (Å²) in [4.78, 5) is 30.5. The van der Waals surface area contributed by atoms with Crippen LogP contribution in [0.4, 0.5) is 5.82 Å². The van der Waals surface area contributed by atoms with Crippen molar-refractivity contribution < 1.29 is 4.74 Å². The predicted molar refractivity (Wildman–Crippen MR) is 84.7 cm³/mol. The lowest BCUT2D eigenvalue weighted by atomic mass is 10.2. The van der Waals surface area contributed by atoms with Crippen LogP contribution in [0.25, 0.3) is 0 Å². The number of rotatable bonds is 2. The first kappa shape index (κ1) is 15.5. The Morgan fingerprint density at radius 1 is 1.39 bits per heavy atom. The van der Waals surface area contributed by atoms with Gasteiger partial charge < -0.3 is 9.64 Å². The molecular weight excluding hydrogens is 318 g/mol. The first-order valence-corrected chi connectivity index (χ1v) is 7.88. The van der Waals surface area contributed by atoms with Crippen LogP contribution in [0.5, 0.6) is 0 Å². The number of ether oxygens (including phenoxy) is 1. The molecule has 1 fully saturated rings. The van der Waals surface area contributed by atoms with Crippen molar-refractivity contribution in [2.24, 2.45) is 14.1 Å². The van der Waals surface area contributed by atoms with Crippen molar-refractivity contribution in [2.45, 2.75) is 6.10 Å². The third kappa shape index (κ3) is 2.56. The third-order valence-electron chi connectivity index (χ3n) is 3.84. The minimum Gasteiger partial charge on any atom is -0.367 e. The predicted octanol–water partition coefficient (Wildman–Crippen LogP) is -0.00992. The van der Waals surface area contributed by atoms with Crippen LogP contribution in [0.15, 0.2) is 21.2 Å². The van der Waals surface area contributed by atoms with Crippen LogP contribution >= 0.6 is 11.3 Å². The zero-order valence-corrected chi connectivity index (χ0v) is 13.5. The topological polar surface area (TPSA) is 93.2 Å². The van der Waals surface area contributed by atoms with Crippen molar-refractivity contribution in [3.8, 4) is 6.07 Å². The quantitative estimate of drug-likeness (QED) is 0.767. The Bertz CT molecular complexity index is 878. The van der Waals surface area contributed by atoms with E-state index in [0.717, 1.165) is 9.57 Å². The summed E-state index contributed by atoms with van der Waals surface area (Å²) in [5, 5.41) is 12.1. The van der Waals surface area contributed by atoms with Crippen LogP contribution in [0.3, 0.4) is 0 Å². The van der Waals surface area contributed by atoms with Gasteiger partial charge in [0.2, 0.25) is 0 Å². The Morgan fingerprint density at radius 2 is 2.17 bits per heavy atom. The minimum atomic E-state index is -0.581. The van der Waals surface area contributed by atoms with E-state index < -0.39 is 11.2 Å². The van der Waals surface area contributed by atoms with Gasteiger partial charge in [-0.3, -0.25) is 13.9 Å². The lowest BCUT2D eigenvalue weighted by Gasteiger charge is -2.34. The number of anilines is 1. The second-order valence-corrected chi connectivity index (χ2v) is 6.12. The molecule has 1 aliphatic rings. The molecule has 1 unspecified atom stereocenters. The van der Waals surface area contributed by atoms with E-state index in [9.17, 15) is 14.9 Å². The molecule has 0 amide bonds. The van der Waals surface area contributed by atoms with E-state index in [2.05, 4.69) is 4.98 Å². The average Bonchev–Trinajstić information content (AvgIpc) is 3.10. The van der Waals surface area contributed by atoms with E-state index in [1.165, 1.54) is 23.0 Å². The molecule has 23 heavy (non-hydrogen) atoms. The van der Waals surface area contributed by atoms with E-state index in [-0.39, 0.29) is 11.7 Å². The smallest absolute Gasteiger partial charge is 0.332 e. The normalized spacial score (nSPS) is 18.0. The molecular formula is C14H15N5O3S. The van der Waals surface area contributed by atoms with E-state index in [1.807, 2.05) is 16.3 Å². The van der Waals surface area contributed by atoms with Crippen LogP contribution in [0.1, 0.15) is 16.7 Å². The van der Waals surface area contributed by atoms with Crippen molar-refractivity contribution in [1.82, 2.24) is 14.1 Å². The van der Waals surface area contributed by atoms with Crippen LogP contribution in [0, 0.1) is 11.3 Å². The van der Waals surface area contributed by atoms with Gasteiger partial charge in [0.25, 0.3) is 5.56 Å². The maximum Gasteiger partial charge on any atom is 0.332 e. The first-order chi connectivity index (χ1) is 11.0. The molecule has 0 aromatic carbocycles. The SMILES string of the molecule is Cn1c(N2CCOC(c3nccs3)C2)c(C#N)c(=O)n(C)c1=O. The van der Waals surface area contributed by atoms with Gasteiger partial charge in [-0.1, -0.05) is 0 Å². The fourth-order valence-electron chi connectivity index (χ4n) is 2.69. The molecule has 0 bridgehead atoms. The second kappa shape index (κ2) is 5.98. The Balaban J connectivity index is 2.07. The molecule has 0 radical (unpaired) electrons. The van der Waals surface area contributed by atoms with Gasteiger partial charge in [-0.2, -0.15) is 5.26 Å². The minimum absolute atomic E-state index is 0.0330. The largest absolute Gasteiger partial charge is 0.367 e. The average molecular weight is 333 g/mol. The summed E-state index contributed by atoms with van der Waals surface area (Å²) in [5.41, 5.74) is -1.07. The Kier molecular flexibility index (Phi) is 4.02. The standard InChI is InChI=1S/C14H15N5O3S/c1-17-12(9(7-15)13(20)18(2)14(17)21)19-4-5-22-10(8-19)11-16-3-6-23-11/h3,6,10H,4-5,8H2,1-2H3. The Hall–Kier alpha value is -2.44. The molecule has 3 rings (SSSR count). The number of morpholine rings is 1. The van der Waals surface area contributed by atoms with Gasteiger partial charge in [-0.05, 0) is 0 Å². The van der Waals surface area contributed by atoms with Crippen molar-refractivity contribution in [1.29, 1.82) is 5.26 Å². The summed E-state index contributed by atoms with van der Waals surface area (Å²) >= 11 is 1.49. The van der Waals surface area contributed by atoms with Crippen molar-refractivity contribution in [3.05, 3.63) is 43.0 Å². The van der Waals surface area contributed by atoms with Gasteiger partial charge in [-0.15, -0.1) is 11.3 Å². The highest BCUT2D eigenvalue weighted by molar-refractivity contribution is 7.09. The molecule has 1 atom stereocenters. The summed E-state index contributed by atoms with van der Waals surface area (Å²) in [5.74, 6) is 0.338. The van der Waals surface area contributed by atoms with Gasteiger partial charge in [0.05, 0.1) is 13.2 Å². The summed E-state index contributed by atoms with van der Waals surface area (Å²) in [6.45, 7) is 1.36. The van der Waals surface area contributed by atoms with E-state index in [1.54, 1.807) is 13.2 Å². The molecule has 3 heterocycles. The fraction of sp³-hybridized carbons (Fsp3) is 0.429. The van der Waals surface area contributed by atoms with Crippen LogP contribution in [0.2, 0.25) is 0 Å². The Morgan fingerprint density at radius 3 is 2.83 bits per heavy atom. The number of aromatic nitrogens is 3. The third-order valence-corrected chi connectivity index (χ3v) is 4.71. The molecule has 0 spiro atoms. The summed E-state index contributed by atoms with van der Waals surface area (Å²) in [6, 6.07) is 1.93. The monoisotopic (exact) mass is 333 g/mol. The van der Waals surface area contributed by atoms with Gasteiger partial charge >= 0.3 is 5.69 Å². The molecule has 9 heteroatoms. The molecule has 8 nitrogen and oxygen atoms in total. The maximum atomic E-state index is 12.2. The van der Waals surface area contributed by atoms with E-state index in [4.69, 9.17) is 4.74 Å². The molecule has 0 saturated carbocycles. The lowest BCUT2D eigenvalue weighted by molar-refractivity contribution is 0.0391. The number of nitrogens with zero attached hydrogens (tertiary/aromatic N) is 5. The highest BCUT2D eigenvalue weighted by atomic mass is 32.1. The number of hydrogen-bond acceptors (Lipinski definition) is 7. The molecule has 2 aromatic heterocycles. The van der Waals surface area contributed by atoms with Crippen LogP contribution in [-0.4, -0.2) is 33.8 Å². The second-order valence-electron chi connectivity index (χ2n) is 5.19. The van der Waals surface area contributed by atoms with Gasteiger partial charge in [0.15, 0.2) is 5.56 Å². The van der Waals surface area contributed by atoms with Gasteiger partial charge in [0, 0.05) is 32.2 Å². The molecule has 120 valence electrons. The van der Waals surface area contributed by atoms with Crippen molar-refractivity contribution in [3.63, 3.8) is 0 Å². The van der Waals surface area contributed by atoms with E-state index >= 15 is 0 Å². The Labute approximate surface area is 135 Å². The zero-order valence-electron chi connectivity index (χ0n) is 12.7. The molecule has 2 aromatic rings. The van der Waals surface area contributed by atoms with Crippen molar-refractivity contribution >= 4 is 17.2 Å². The zero-order chi connectivity index (χ0) is 16.6. The van der Waals surface area contributed by atoms with Gasteiger partial charge in [-0.25, -0.2) is 9.78 Å². The number of nitriles is 1. The lowest BCUT2D eigenvalue weighted by Crippen LogP contribution is -2.46. The first-order valence-electron chi connectivity index (χ1n) is 7.00. The number of thiazole rings is 1. The van der Waals surface area contributed by atoms with E-state index in [0.29, 0.717) is 25.5 Å². The summed E-state index contributed by atoms with van der Waals surface area (Å²) in [7, 11) is 2.93. The molecule has 1 aliphatic heterocycles. The number of hydrogen-bond donors (Lipinski definition) is 0.